The number of fused-ring (bicyclic) bond motifs is 3. The smallest absolute Gasteiger partial charge is 0.255 e. The average Bonchev–Trinajstić information content (AvgIpc) is 3.68. The van der Waals surface area contributed by atoms with Gasteiger partial charge in [0, 0.05) is 34.9 Å². The van der Waals surface area contributed by atoms with E-state index in [1.54, 1.807) is 0 Å². The molecule has 1 aliphatic rings. The van der Waals surface area contributed by atoms with Crippen LogP contribution < -0.4 is 14.2 Å². The Bertz CT molecular complexity index is 3480. The summed E-state index contributed by atoms with van der Waals surface area (Å²) in [7, 11) is 0. The molecule has 0 bridgehead atoms. The normalized spacial score (nSPS) is 13.6. The highest BCUT2D eigenvalue weighted by Gasteiger charge is 2.38. The molecule has 0 atom stereocenters. The van der Waals surface area contributed by atoms with Crippen LogP contribution in [0.4, 0.5) is 17.2 Å². The zero-order chi connectivity index (χ0) is 50.4. The average molecular weight is 934 g/mol. The molecule has 71 heavy (non-hydrogen) atoms. The van der Waals surface area contributed by atoms with Crippen molar-refractivity contribution in [2.24, 2.45) is 0 Å². The Kier molecular flexibility index (Phi) is 11.5. The van der Waals surface area contributed by atoms with Crippen molar-refractivity contribution < 1.29 is 9.30 Å². The van der Waals surface area contributed by atoms with Crippen LogP contribution in [0.5, 0.6) is 11.5 Å². The second-order valence-electron chi connectivity index (χ2n) is 23.5. The third-order valence-electron chi connectivity index (χ3n) is 14.7. The standard InChI is InChI=1S/C66H69N4O/c1-42-33-43(2)62(44(3)34-42)69-41-68(58-37-49(45-23-17-15-18-24-45)50(38-59(58)69)46-25-19-16-20-26-46)56-40-60(54(65(10,11)12)39-53(56)64(7,8)9)71-48-29-30-52-57(36-48)70(55-28-22-21-27-51(55)66(52,13)14)61-35-47(31-32-67-61)63(4,5)6/h15-41H,1-14H3/q+1. The maximum Gasteiger partial charge on any atom is 0.255 e. The minimum Gasteiger partial charge on any atom is -0.457 e. The third-order valence-corrected chi connectivity index (χ3v) is 14.7. The van der Waals surface area contributed by atoms with Gasteiger partial charge in [0.25, 0.3) is 6.33 Å². The Morgan fingerprint density at radius 3 is 1.75 bits per heavy atom. The fourth-order valence-electron chi connectivity index (χ4n) is 11.0. The van der Waals surface area contributed by atoms with E-state index < -0.39 is 0 Å². The number of aryl methyl sites for hydroxylation is 3. The first-order valence-electron chi connectivity index (χ1n) is 25.3. The number of imidazole rings is 1. The van der Waals surface area contributed by atoms with Gasteiger partial charge in [0.2, 0.25) is 0 Å². The van der Waals surface area contributed by atoms with Gasteiger partial charge in [0.1, 0.15) is 28.7 Å². The van der Waals surface area contributed by atoms with Crippen molar-refractivity contribution in [3.8, 4) is 45.1 Å². The molecule has 0 amide bonds. The lowest BCUT2D eigenvalue weighted by Crippen LogP contribution is -2.31. The van der Waals surface area contributed by atoms with Gasteiger partial charge in [0.05, 0.1) is 11.4 Å². The van der Waals surface area contributed by atoms with Gasteiger partial charge < -0.3 is 4.74 Å². The number of rotatable bonds is 7. The second-order valence-corrected chi connectivity index (χ2v) is 23.5. The van der Waals surface area contributed by atoms with Gasteiger partial charge in [0.15, 0.2) is 11.0 Å². The summed E-state index contributed by atoms with van der Waals surface area (Å²) in [6.45, 7) is 32.0. The zero-order valence-electron chi connectivity index (χ0n) is 44.3. The van der Waals surface area contributed by atoms with Crippen molar-refractivity contribution in [3.05, 3.63) is 209 Å². The summed E-state index contributed by atoms with van der Waals surface area (Å²) in [5.41, 5.74) is 20.5. The molecule has 0 radical (unpaired) electrons. The van der Waals surface area contributed by atoms with Crippen LogP contribution in [-0.2, 0) is 21.7 Å². The SMILES string of the molecule is Cc1cc(C)c(-[n+]2cn(-c3cc(Oc4ccc5c(c4)N(c4cc(C(C)(C)C)ccn4)c4ccccc4C5(C)C)c(C(C)(C)C)cc3C(C)(C)C)c3cc(-c4ccccc4)c(-c4ccccc4)cc32)c(C)c1. The molecular weight excluding hydrogens is 865 g/mol. The number of aromatic nitrogens is 3. The summed E-state index contributed by atoms with van der Waals surface area (Å²) in [5, 5.41) is 0. The Morgan fingerprint density at radius 2 is 1.13 bits per heavy atom. The summed E-state index contributed by atoms with van der Waals surface area (Å²) >= 11 is 0. The summed E-state index contributed by atoms with van der Waals surface area (Å²) in [4.78, 5) is 7.39. The first-order chi connectivity index (χ1) is 33.6. The molecule has 0 fully saturated rings. The predicted molar refractivity (Wildman–Crippen MR) is 297 cm³/mol. The molecule has 0 unspecified atom stereocenters. The first-order valence-corrected chi connectivity index (χ1v) is 25.3. The van der Waals surface area contributed by atoms with Gasteiger partial charge in [-0.05, 0) is 130 Å². The zero-order valence-corrected chi connectivity index (χ0v) is 44.3. The second kappa shape index (κ2) is 17.3. The molecule has 0 saturated heterocycles. The quantitative estimate of drug-likeness (QED) is 0.149. The van der Waals surface area contributed by atoms with Gasteiger partial charge >= 0.3 is 0 Å². The lowest BCUT2D eigenvalue weighted by Gasteiger charge is -2.41. The fourth-order valence-corrected chi connectivity index (χ4v) is 11.0. The molecule has 5 nitrogen and oxygen atoms in total. The minimum atomic E-state index is -0.265. The Morgan fingerprint density at radius 1 is 0.535 bits per heavy atom. The van der Waals surface area contributed by atoms with E-state index >= 15 is 0 Å². The van der Waals surface area contributed by atoms with Gasteiger partial charge in [-0.25, -0.2) is 4.98 Å². The highest BCUT2D eigenvalue weighted by Crippen LogP contribution is 2.53. The van der Waals surface area contributed by atoms with E-state index in [9.17, 15) is 0 Å². The van der Waals surface area contributed by atoms with Crippen molar-refractivity contribution in [3.63, 3.8) is 0 Å². The minimum absolute atomic E-state index is 0.0459. The molecule has 0 saturated carbocycles. The first kappa shape index (κ1) is 47.4. The van der Waals surface area contributed by atoms with Gasteiger partial charge in [-0.2, -0.15) is 9.13 Å². The van der Waals surface area contributed by atoms with Crippen molar-refractivity contribution in [1.82, 2.24) is 9.55 Å². The molecule has 0 aliphatic carbocycles. The molecule has 3 heterocycles. The van der Waals surface area contributed by atoms with E-state index in [1.165, 1.54) is 66.9 Å². The third kappa shape index (κ3) is 8.54. The van der Waals surface area contributed by atoms with E-state index in [4.69, 9.17) is 9.72 Å². The molecule has 0 spiro atoms. The van der Waals surface area contributed by atoms with Crippen LogP contribution >= 0.6 is 0 Å². The number of hydrogen-bond donors (Lipinski definition) is 0. The van der Waals surface area contributed by atoms with Crippen LogP contribution in [-0.4, -0.2) is 9.55 Å². The van der Waals surface area contributed by atoms with E-state index in [0.717, 1.165) is 51.0 Å². The van der Waals surface area contributed by atoms with Crippen molar-refractivity contribution >= 4 is 28.2 Å². The highest BCUT2D eigenvalue weighted by molar-refractivity contribution is 5.94. The topological polar surface area (TPSA) is 34.2 Å². The van der Waals surface area contributed by atoms with E-state index in [0.29, 0.717) is 0 Å². The van der Waals surface area contributed by atoms with Crippen molar-refractivity contribution in [2.45, 2.75) is 119 Å². The molecule has 0 N–H and O–H groups in total. The molecule has 1 aliphatic heterocycles. The summed E-state index contributed by atoms with van der Waals surface area (Å²) in [6, 6.07) is 55.6. The van der Waals surface area contributed by atoms with Crippen molar-refractivity contribution in [1.29, 1.82) is 0 Å². The number of ether oxygens (including phenoxy) is 1. The Balaban J connectivity index is 1.23. The van der Waals surface area contributed by atoms with Crippen LogP contribution in [0.1, 0.15) is 121 Å². The van der Waals surface area contributed by atoms with Crippen LogP contribution in [0.15, 0.2) is 164 Å². The summed E-state index contributed by atoms with van der Waals surface area (Å²) in [6.07, 6.45) is 4.27. The fraction of sp³-hybridized carbons (Fsp3) is 0.273. The summed E-state index contributed by atoms with van der Waals surface area (Å²) < 4.78 is 12.3. The van der Waals surface area contributed by atoms with E-state index in [1.807, 2.05) is 6.20 Å². The molecule has 5 heteroatoms. The van der Waals surface area contributed by atoms with E-state index in [-0.39, 0.29) is 21.7 Å². The number of para-hydroxylation sites is 1. The molecule has 2 aromatic heterocycles. The molecule has 9 aromatic rings. The van der Waals surface area contributed by atoms with Gasteiger partial charge in [-0.15, -0.1) is 0 Å². The molecular formula is C66H69N4O+. The lowest BCUT2D eigenvalue weighted by atomic mass is 9.73. The number of nitrogens with zero attached hydrogens (tertiary/aromatic N) is 4. The summed E-state index contributed by atoms with van der Waals surface area (Å²) in [5.74, 6) is 2.49. The van der Waals surface area contributed by atoms with Gasteiger partial charge in [-0.1, -0.05) is 179 Å². The molecule has 7 aromatic carbocycles. The van der Waals surface area contributed by atoms with Crippen LogP contribution in [0.2, 0.25) is 0 Å². The van der Waals surface area contributed by atoms with Crippen LogP contribution in [0.3, 0.4) is 0 Å². The number of hydrogen-bond acceptors (Lipinski definition) is 3. The monoisotopic (exact) mass is 934 g/mol. The maximum atomic E-state index is 7.41. The number of anilines is 3. The lowest BCUT2D eigenvalue weighted by molar-refractivity contribution is -0.568. The number of pyridine rings is 1. The van der Waals surface area contributed by atoms with Crippen LogP contribution in [0, 0.1) is 20.8 Å². The van der Waals surface area contributed by atoms with Crippen molar-refractivity contribution in [2.75, 3.05) is 4.90 Å². The Labute approximate surface area is 422 Å². The van der Waals surface area contributed by atoms with Crippen LogP contribution in [0.25, 0.3) is 44.7 Å². The maximum absolute atomic E-state index is 7.41. The molecule has 358 valence electrons. The highest BCUT2D eigenvalue weighted by atomic mass is 16.5. The van der Waals surface area contributed by atoms with E-state index in [2.05, 4.69) is 269 Å². The predicted octanol–water partition coefficient (Wildman–Crippen LogP) is 17.4. The largest absolute Gasteiger partial charge is 0.457 e. The Hall–Kier alpha value is -7.24. The molecule has 10 rings (SSSR count). The number of benzene rings is 7. The van der Waals surface area contributed by atoms with Gasteiger partial charge in [-0.3, -0.25) is 4.90 Å².